The highest BCUT2D eigenvalue weighted by Crippen LogP contribution is 2.29. The van der Waals surface area contributed by atoms with Gasteiger partial charge in [-0.2, -0.15) is 0 Å². The lowest BCUT2D eigenvalue weighted by atomic mass is 10.0. The smallest absolute Gasteiger partial charge is 0.291 e. The van der Waals surface area contributed by atoms with Gasteiger partial charge in [0.2, 0.25) is 5.95 Å². The molecule has 0 atom stereocenters. The van der Waals surface area contributed by atoms with Crippen LogP contribution in [0.1, 0.15) is 10.6 Å². The van der Waals surface area contributed by atoms with E-state index in [9.17, 15) is 4.79 Å². The molecule has 0 unspecified atom stereocenters. The van der Waals surface area contributed by atoms with Crippen molar-refractivity contribution in [1.82, 2.24) is 9.97 Å². The minimum absolute atomic E-state index is 0.256. The first kappa shape index (κ1) is 16.9. The van der Waals surface area contributed by atoms with Gasteiger partial charge in [0, 0.05) is 22.7 Å². The average Bonchev–Trinajstić information content (AvgIpc) is 3.18. The maximum Gasteiger partial charge on any atom is 0.291 e. The number of carbonyl (C=O) groups excluding carboxylic acids is 1. The molecule has 5 rings (SSSR count). The predicted molar refractivity (Wildman–Crippen MR) is 114 cm³/mol. The number of rotatable bonds is 3. The van der Waals surface area contributed by atoms with Crippen molar-refractivity contribution < 1.29 is 9.21 Å². The lowest BCUT2D eigenvalue weighted by molar-refractivity contribution is 0.0998. The number of benzene rings is 3. The Hall–Kier alpha value is -4.19. The first-order valence-corrected chi connectivity index (χ1v) is 9.08. The fourth-order valence-corrected chi connectivity index (χ4v) is 3.28. The number of furan rings is 1. The summed E-state index contributed by atoms with van der Waals surface area (Å²) in [6.07, 6.45) is 1.71. The summed E-state index contributed by atoms with van der Waals surface area (Å²) in [4.78, 5) is 20.8. The molecular weight excluding hydrogens is 364 g/mol. The summed E-state index contributed by atoms with van der Waals surface area (Å²) >= 11 is 0. The van der Waals surface area contributed by atoms with Crippen LogP contribution in [0.3, 0.4) is 0 Å². The van der Waals surface area contributed by atoms with Crippen LogP contribution in [-0.4, -0.2) is 15.9 Å². The molecular formula is C23H16N4O2. The first-order valence-electron chi connectivity index (χ1n) is 9.08. The van der Waals surface area contributed by atoms with E-state index in [1.807, 2.05) is 66.7 Å². The van der Waals surface area contributed by atoms with Crippen molar-refractivity contribution >= 4 is 39.4 Å². The van der Waals surface area contributed by atoms with Crippen LogP contribution in [-0.2, 0) is 0 Å². The lowest BCUT2D eigenvalue weighted by Gasteiger charge is -2.04. The van der Waals surface area contributed by atoms with E-state index in [0.717, 1.165) is 33.1 Å². The molecule has 0 spiro atoms. The van der Waals surface area contributed by atoms with E-state index in [1.165, 1.54) is 0 Å². The molecule has 3 aromatic carbocycles. The summed E-state index contributed by atoms with van der Waals surface area (Å²) in [6.45, 7) is 0. The first-order chi connectivity index (χ1) is 14.2. The van der Waals surface area contributed by atoms with Crippen molar-refractivity contribution in [2.45, 2.75) is 0 Å². The van der Waals surface area contributed by atoms with Gasteiger partial charge in [-0.15, -0.1) is 0 Å². The van der Waals surface area contributed by atoms with Gasteiger partial charge >= 0.3 is 0 Å². The van der Waals surface area contributed by atoms with E-state index in [1.54, 1.807) is 12.3 Å². The van der Waals surface area contributed by atoms with E-state index in [4.69, 9.17) is 10.2 Å². The van der Waals surface area contributed by atoms with Crippen molar-refractivity contribution in [2.75, 3.05) is 11.1 Å². The highest BCUT2D eigenvalue weighted by atomic mass is 16.3. The van der Waals surface area contributed by atoms with Crippen LogP contribution in [0.15, 0.2) is 83.4 Å². The molecule has 6 heteroatoms. The molecule has 0 fully saturated rings. The van der Waals surface area contributed by atoms with Gasteiger partial charge in [-0.3, -0.25) is 4.79 Å². The topological polar surface area (TPSA) is 94.0 Å². The van der Waals surface area contributed by atoms with E-state index >= 15 is 0 Å². The number of hydrogen-bond donors (Lipinski definition) is 2. The number of nitrogens with two attached hydrogens (primary N) is 1. The van der Waals surface area contributed by atoms with Gasteiger partial charge in [0.15, 0.2) is 5.76 Å². The van der Waals surface area contributed by atoms with Crippen molar-refractivity contribution in [1.29, 1.82) is 0 Å². The van der Waals surface area contributed by atoms with Crippen LogP contribution in [0.2, 0.25) is 0 Å². The van der Waals surface area contributed by atoms with Crippen LogP contribution >= 0.6 is 0 Å². The van der Waals surface area contributed by atoms with Crippen LogP contribution in [0.25, 0.3) is 33.0 Å². The fourth-order valence-electron chi connectivity index (χ4n) is 3.28. The molecule has 0 aliphatic carbocycles. The maximum atomic E-state index is 12.5. The number of carbonyl (C=O) groups is 1. The Labute approximate surface area is 166 Å². The second kappa shape index (κ2) is 6.76. The van der Waals surface area contributed by atoms with Crippen molar-refractivity contribution in [3.05, 3.63) is 84.8 Å². The highest BCUT2D eigenvalue weighted by Gasteiger charge is 2.13. The fraction of sp³-hybridized carbons (Fsp3) is 0. The van der Waals surface area contributed by atoms with Gasteiger partial charge < -0.3 is 15.5 Å². The van der Waals surface area contributed by atoms with Gasteiger partial charge in [-0.25, -0.2) is 9.97 Å². The SMILES string of the molecule is Nc1ncc2cc(-c3ccc4oc(C(=O)Nc5ccccc5)cc4c3)ccc2n1. The number of nitrogens with one attached hydrogen (secondary N) is 1. The van der Waals surface area contributed by atoms with Gasteiger partial charge in [0.1, 0.15) is 5.58 Å². The molecule has 2 aromatic heterocycles. The van der Waals surface area contributed by atoms with Crippen LogP contribution in [0.4, 0.5) is 11.6 Å². The minimum atomic E-state index is -0.283. The Bertz CT molecular complexity index is 1360. The van der Waals surface area contributed by atoms with Crippen molar-refractivity contribution in [3.8, 4) is 11.1 Å². The summed E-state index contributed by atoms with van der Waals surface area (Å²) in [7, 11) is 0. The molecule has 0 bridgehead atoms. The molecule has 0 aliphatic heterocycles. The minimum Gasteiger partial charge on any atom is -0.451 e. The number of hydrogen-bond acceptors (Lipinski definition) is 5. The van der Waals surface area contributed by atoms with E-state index in [2.05, 4.69) is 15.3 Å². The molecule has 140 valence electrons. The standard InChI is InChI=1S/C23H16N4O2/c24-23-25-13-17-11-14(6-8-19(17)27-23)15-7-9-20-16(10-15)12-21(29-20)22(28)26-18-4-2-1-3-5-18/h1-13H,(H,26,28)(H2,24,25,27). The monoisotopic (exact) mass is 380 g/mol. The van der Waals surface area contributed by atoms with Gasteiger partial charge in [-0.1, -0.05) is 30.3 Å². The summed E-state index contributed by atoms with van der Waals surface area (Å²) in [5.74, 6) is 0.240. The predicted octanol–water partition coefficient (Wildman–Crippen LogP) is 4.88. The zero-order valence-corrected chi connectivity index (χ0v) is 15.3. The van der Waals surface area contributed by atoms with Gasteiger partial charge in [0.25, 0.3) is 5.91 Å². The highest BCUT2D eigenvalue weighted by molar-refractivity contribution is 6.05. The Balaban J connectivity index is 1.47. The quantitative estimate of drug-likeness (QED) is 0.465. The molecule has 0 aliphatic rings. The zero-order chi connectivity index (χ0) is 19.8. The number of aromatic nitrogens is 2. The van der Waals surface area contributed by atoms with Crippen molar-refractivity contribution in [2.24, 2.45) is 0 Å². The Morgan fingerprint density at radius 2 is 1.66 bits per heavy atom. The van der Waals surface area contributed by atoms with Gasteiger partial charge in [0.05, 0.1) is 5.52 Å². The Morgan fingerprint density at radius 1 is 0.897 bits per heavy atom. The molecule has 2 heterocycles. The number of nitrogens with zero attached hydrogens (tertiary/aromatic N) is 2. The zero-order valence-electron chi connectivity index (χ0n) is 15.3. The van der Waals surface area contributed by atoms with Crippen LogP contribution < -0.4 is 11.1 Å². The number of fused-ring (bicyclic) bond motifs is 2. The summed E-state index contributed by atoms with van der Waals surface area (Å²) in [5.41, 5.74) is 9.84. The molecule has 5 aromatic rings. The lowest BCUT2D eigenvalue weighted by Crippen LogP contribution is -2.10. The van der Waals surface area contributed by atoms with Gasteiger partial charge in [-0.05, 0) is 53.6 Å². The van der Waals surface area contributed by atoms with Crippen LogP contribution in [0.5, 0.6) is 0 Å². The number of nitrogen functional groups attached to an aromatic ring is 1. The number of anilines is 2. The second-order valence-electron chi connectivity index (χ2n) is 6.69. The third-order valence-corrected chi connectivity index (χ3v) is 4.70. The van der Waals surface area contributed by atoms with E-state index in [0.29, 0.717) is 5.58 Å². The number of para-hydroxylation sites is 1. The molecule has 6 nitrogen and oxygen atoms in total. The summed E-state index contributed by atoms with van der Waals surface area (Å²) < 4.78 is 5.73. The Kier molecular flexibility index (Phi) is 3.95. The molecule has 0 saturated carbocycles. The van der Waals surface area contributed by atoms with Crippen LogP contribution in [0, 0.1) is 0 Å². The summed E-state index contributed by atoms with van der Waals surface area (Å²) in [6, 6.07) is 22.8. The maximum absolute atomic E-state index is 12.5. The molecule has 0 radical (unpaired) electrons. The average molecular weight is 380 g/mol. The summed E-state index contributed by atoms with van der Waals surface area (Å²) in [5, 5.41) is 4.60. The molecule has 29 heavy (non-hydrogen) atoms. The second-order valence-corrected chi connectivity index (χ2v) is 6.69. The molecule has 0 saturated heterocycles. The van der Waals surface area contributed by atoms with Crippen molar-refractivity contribution in [3.63, 3.8) is 0 Å². The normalized spacial score (nSPS) is 11.0. The Morgan fingerprint density at radius 3 is 2.48 bits per heavy atom. The number of amides is 1. The van der Waals surface area contributed by atoms with E-state index in [-0.39, 0.29) is 17.6 Å². The third kappa shape index (κ3) is 3.27. The molecule has 3 N–H and O–H groups in total. The third-order valence-electron chi connectivity index (χ3n) is 4.70. The largest absolute Gasteiger partial charge is 0.451 e. The molecule has 1 amide bonds. The van der Waals surface area contributed by atoms with E-state index < -0.39 is 0 Å².